The molecule has 2 fully saturated rings. The van der Waals surface area contributed by atoms with E-state index in [9.17, 15) is 9.90 Å². The smallest absolute Gasteiger partial charge is 0.223 e. The van der Waals surface area contributed by atoms with Crippen molar-refractivity contribution in [2.45, 2.75) is 44.0 Å². The summed E-state index contributed by atoms with van der Waals surface area (Å²) in [4.78, 5) is 14.5. The fraction of sp³-hybridized carbons (Fsp3) is 0.667. The zero-order valence-corrected chi connectivity index (χ0v) is 16.5. The summed E-state index contributed by atoms with van der Waals surface area (Å²) in [5.41, 5.74) is 0.667. The summed E-state index contributed by atoms with van der Waals surface area (Å²) in [6.45, 7) is 4.96. The summed E-state index contributed by atoms with van der Waals surface area (Å²) in [7, 11) is 0. The second kappa shape index (κ2) is 9.25. The van der Waals surface area contributed by atoms with Crippen molar-refractivity contribution in [1.29, 1.82) is 0 Å². The summed E-state index contributed by atoms with van der Waals surface area (Å²) in [5.74, 6) is 2.47. The molecule has 0 bridgehead atoms. The molecule has 0 spiro atoms. The molecule has 144 valence electrons. The van der Waals surface area contributed by atoms with E-state index >= 15 is 0 Å². The van der Waals surface area contributed by atoms with Crippen LogP contribution in [0.1, 0.15) is 38.2 Å². The third-order valence-corrected chi connectivity index (χ3v) is 7.01. The maximum absolute atomic E-state index is 12.6. The molecule has 1 amide bonds. The maximum atomic E-state index is 12.6. The lowest BCUT2D eigenvalue weighted by Crippen LogP contribution is -2.56. The van der Waals surface area contributed by atoms with Crippen molar-refractivity contribution in [3.05, 3.63) is 35.9 Å². The Balaban J connectivity index is 1.42. The Kier molecular flexibility index (Phi) is 7.01. The zero-order chi connectivity index (χ0) is 18.4. The average Bonchev–Trinajstić information content (AvgIpc) is 2.69. The number of likely N-dealkylation sites (tertiary alicyclic amines) is 1. The van der Waals surface area contributed by atoms with E-state index in [2.05, 4.69) is 31.2 Å². The quantitative estimate of drug-likeness (QED) is 0.773. The van der Waals surface area contributed by atoms with E-state index in [0.717, 1.165) is 37.6 Å². The molecule has 3 rings (SSSR count). The molecule has 1 aromatic carbocycles. The molecular weight excluding hydrogens is 346 g/mol. The molecule has 1 N–H and O–H groups in total. The number of piperidine rings is 1. The topological polar surface area (TPSA) is 49.8 Å². The summed E-state index contributed by atoms with van der Waals surface area (Å²) in [6.07, 6.45) is 3.15. The lowest BCUT2D eigenvalue weighted by molar-refractivity contribution is -0.151. The molecular formula is C21H31NO3S. The molecule has 2 saturated heterocycles. The van der Waals surface area contributed by atoms with E-state index < -0.39 is 5.60 Å². The first-order valence-corrected chi connectivity index (χ1v) is 10.9. The van der Waals surface area contributed by atoms with Crippen molar-refractivity contribution in [2.75, 3.05) is 32.1 Å². The highest BCUT2D eigenvalue weighted by Gasteiger charge is 2.45. The van der Waals surface area contributed by atoms with Gasteiger partial charge in [0.25, 0.3) is 0 Å². The SMILES string of the molecule is CC1CN(C(=O)CCSCc2ccccc2)CCC1(O)C1CCOCC1. The molecule has 1 aromatic rings. The molecule has 0 aliphatic carbocycles. The predicted octanol–water partition coefficient (Wildman–Crippen LogP) is 3.34. The van der Waals surface area contributed by atoms with Gasteiger partial charge in [0.15, 0.2) is 0 Å². The number of aliphatic hydroxyl groups is 1. The van der Waals surface area contributed by atoms with Crippen LogP contribution in [0, 0.1) is 11.8 Å². The number of thioether (sulfide) groups is 1. The molecule has 5 heteroatoms. The third kappa shape index (κ3) is 4.81. The highest BCUT2D eigenvalue weighted by molar-refractivity contribution is 7.98. The van der Waals surface area contributed by atoms with Crippen molar-refractivity contribution in [3.63, 3.8) is 0 Å². The Morgan fingerprint density at radius 2 is 2.04 bits per heavy atom. The number of carbonyl (C=O) groups is 1. The summed E-state index contributed by atoms with van der Waals surface area (Å²) < 4.78 is 5.44. The van der Waals surface area contributed by atoms with Crippen LogP contribution >= 0.6 is 11.8 Å². The van der Waals surface area contributed by atoms with Gasteiger partial charge in [-0.05, 0) is 30.7 Å². The van der Waals surface area contributed by atoms with Crippen molar-refractivity contribution < 1.29 is 14.6 Å². The van der Waals surface area contributed by atoms with Gasteiger partial charge in [0, 0.05) is 50.1 Å². The minimum absolute atomic E-state index is 0.125. The molecule has 2 heterocycles. The molecule has 4 nitrogen and oxygen atoms in total. The Morgan fingerprint density at radius 1 is 1.31 bits per heavy atom. The van der Waals surface area contributed by atoms with Gasteiger partial charge in [0.05, 0.1) is 5.60 Å². The second-order valence-corrected chi connectivity index (χ2v) is 8.76. The number of hydrogen-bond acceptors (Lipinski definition) is 4. The fourth-order valence-electron chi connectivity index (χ4n) is 4.25. The van der Waals surface area contributed by atoms with Crippen molar-refractivity contribution >= 4 is 17.7 Å². The summed E-state index contributed by atoms with van der Waals surface area (Å²) in [5, 5.41) is 11.2. The van der Waals surface area contributed by atoms with Gasteiger partial charge in [0.2, 0.25) is 5.91 Å². The first kappa shape index (κ1) is 19.7. The minimum Gasteiger partial charge on any atom is -0.389 e. The van der Waals surface area contributed by atoms with Gasteiger partial charge in [0.1, 0.15) is 0 Å². The van der Waals surface area contributed by atoms with Crippen LogP contribution in [-0.4, -0.2) is 53.6 Å². The second-order valence-electron chi connectivity index (χ2n) is 7.66. The highest BCUT2D eigenvalue weighted by atomic mass is 32.2. The molecule has 2 aliphatic rings. The van der Waals surface area contributed by atoms with Gasteiger partial charge in [-0.1, -0.05) is 37.3 Å². The number of carbonyl (C=O) groups excluding carboxylic acids is 1. The van der Waals surface area contributed by atoms with E-state index in [-0.39, 0.29) is 11.8 Å². The monoisotopic (exact) mass is 377 g/mol. The summed E-state index contributed by atoms with van der Waals surface area (Å²) in [6, 6.07) is 10.4. The molecule has 0 aromatic heterocycles. The van der Waals surface area contributed by atoms with Gasteiger partial charge < -0.3 is 14.7 Å². The van der Waals surface area contributed by atoms with Crippen molar-refractivity contribution in [1.82, 2.24) is 4.90 Å². The number of benzene rings is 1. The standard InChI is InChI=1S/C21H31NO3S/c1-17-15-22(11-10-21(17,24)19-7-12-25-13-8-19)20(23)9-14-26-16-18-5-3-2-4-6-18/h2-6,17,19,24H,7-16H2,1H3. The number of nitrogens with zero attached hydrogens (tertiary/aromatic N) is 1. The van der Waals surface area contributed by atoms with Crippen LogP contribution in [0.5, 0.6) is 0 Å². The van der Waals surface area contributed by atoms with Crippen LogP contribution in [0.4, 0.5) is 0 Å². The van der Waals surface area contributed by atoms with Crippen LogP contribution in [0.15, 0.2) is 30.3 Å². The molecule has 26 heavy (non-hydrogen) atoms. The van der Waals surface area contributed by atoms with Crippen molar-refractivity contribution in [3.8, 4) is 0 Å². The lowest BCUT2D eigenvalue weighted by atomic mass is 9.70. The summed E-state index contributed by atoms with van der Waals surface area (Å²) >= 11 is 1.81. The zero-order valence-electron chi connectivity index (χ0n) is 15.7. The van der Waals surface area contributed by atoms with Crippen molar-refractivity contribution in [2.24, 2.45) is 11.8 Å². The molecule has 0 radical (unpaired) electrons. The lowest BCUT2D eigenvalue weighted by Gasteiger charge is -2.48. The largest absolute Gasteiger partial charge is 0.389 e. The normalized spacial score (nSPS) is 27.5. The van der Waals surface area contributed by atoms with Gasteiger partial charge in [-0.25, -0.2) is 0 Å². The maximum Gasteiger partial charge on any atom is 0.223 e. The van der Waals surface area contributed by atoms with Crippen LogP contribution in [0.3, 0.4) is 0 Å². The van der Waals surface area contributed by atoms with E-state index in [0.29, 0.717) is 31.8 Å². The van der Waals surface area contributed by atoms with Crippen LogP contribution in [0.25, 0.3) is 0 Å². The van der Waals surface area contributed by atoms with Crippen LogP contribution < -0.4 is 0 Å². The number of amides is 1. The van der Waals surface area contributed by atoms with Gasteiger partial charge in [-0.3, -0.25) is 4.79 Å². The van der Waals surface area contributed by atoms with Gasteiger partial charge >= 0.3 is 0 Å². The fourth-order valence-corrected chi connectivity index (χ4v) is 5.14. The van der Waals surface area contributed by atoms with E-state index in [1.54, 1.807) is 0 Å². The molecule has 2 aliphatic heterocycles. The Hall–Kier alpha value is -1.04. The number of rotatable bonds is 6. The van der Waals surface area contributed by atoms with Gasteiger partial charge in [-0.15, -0.1) is 0 Å². The number of hydrogen-bond donors (Lipinski definition) is 1. The molecule has 2 unspecified atom stereocenters. The van der Waals surface area contributed by atoms with Crippen LogP contribution in [-0.2, 0) is 15.3 Å². The predicted molar refractivity (Wildman–Crippen MR) is 106 cm³/mol. The molecule has 0 saturated carbocycles. The Bertz CT molecular complexity index is 576. The van der Waals surface area contributed by atoms with E-state index in [4.69, 9.17) is 4.74 Å². The van der Waals surface area contributed by atoms with Gasteiger partial charge in [-0.2, -0.15) is 11.8 Å². The average molecular weight is 378 g/mol. The van der Waals surface area contributed by atoms with Crippen LogP contribution in [0.2, 0.25) is 0 Å². The first-order chi connectivity index (χ1) is 12.6. The third-order valence-electron chi connectivity index (χ3n) is 5.98. The Labute approximate surface area is 161 Å². The Morgan fingerprint density at radius 3 is 2.73 bits per heavy atom. The number of ether oxygens (including phenoxy) is 1. The molecule has 2 atom stereocenters. The highest BCUT2D eigenvalue weighted by Crippen LogP contribution is 2.39. The van der Waals surface area contributed by atoms with E-state index in [1.807, 2.05) is 22.7 Å². The minimum atomic E-state index is -0.636. The first-order valence-electron chi connectivity index (χ1n) is 9.79. The van der Waals surface area contributed by atoms with E-state index in [1.165, 1.54) is 5.56 Å².